The lowest BCUT2D eigenvalue weighted by atomic mass is 9.79. The van der Waals surface area contributed by atoms with Gasteiger partial charge in [0, 0.05) is 18.0 Å². The molecular formula is C18H19FN2O3S. The van der Waals surface area contributed by atoms with Crippen LogP contribution in [0.5, 0.6) is 0 Å². The number of amides is 1. The van der Waals surface area contributed by atoms with Crippen LogP contribution in [0.3, 0.4) is 0 Å². The van der Waals surface area contributed by atoms with E-state index in [-0.39, 0.29) is 22.8 Å². The Bertz CT molecular complexity index is 795. The number of thiophene rings is 1. The van der Waals surface area contributed by atoms with E-state index in [9.17, 15) is 19.3 Å². The number of halogens is 1. The lowest BCUT2D eigenvalue weighted by Crippen LogP contribution is -2.38. The first kappa shape index (κ1) is 17.5. The Morgan fingerprint density at radius 3 is 2.52 bits per heavy atom. The van der Waals surface area contributed by atoms with Crippen molar-refractivity contribution < 1.29 is 14.1 Å². The molecule has 1 heterocycles. The minimum atomic E-state index is -0.473. The van der Waals surface area contributed by atoms with Gasteiger partial charge in [0.25, 0.3) is 11.6 Å². The summed E-state index contributed by atoms with van der Waals surface area (Å²) in [5.41, 5.74) is 0.811. The number of hydrogen-bond donors (Lipinski definition) is 1. The molecule has 1 aliphatic rings. The molecule has 25 heavy (non-hydrogen) atoms. The van der Waals surface area contributed by atoms with E-state index in [0.717, 1.165) is 42.6 Å². The molecule has 1 aromatic heterocycles. The predicted octanol–water partition coefficient (Wildman–Crippen LogP) is 4.35. The number of carbonyl (C=O) groups is 1. The number of nitrogens with one attached hydrogen (secondary N) is 1. The zero-order valence-electron chi connectivity index (χ0n) is 13.9. The Labute approximate surface area is 149 Å². The summed E-state index contributed by atoms with van der Waals surface area (Å²) in [4.78, 5) is 23.8. The fraction of sp³-hybridized carbons (Fsp3) is 0.389. The van der Waals surface area contributed by atoms with Gasteiger partial charge in [-0.2, -0.15) is 0 Å². The Morgan fingerprint density at radius 1 is 1.32 bits per heavy atom. The normalized spacial score (nSPS) is 15.9. The molecule has 0 bridgehead atoms. The van der Waals surface area contributed by atoms with Crippen molar-refractivity contribution in [3.05, 3.63) is 61.6 Å². The number of hydrogen-bond acceptors (Lipinski definition) is 4. The van der Waals surface area contributed by atoms with Gasteiger partial charge in [-0.15, -0.1) is 11.3 Å². The quantitative estimate of drug-likeness (QED) is 0.635. The third-order valence-electron chi connectivity index (χ3n) is 4.92. The van der Waals surface area contributed by atoms with E-state index < -0.39 is 4.92 Å². The molecule has 0 aliphatic heterocycles. The van der Waals surface area contributed by atoms with Gasteiger partial charge in [-0.3, -0.25) is 14.9 Å². The van der Waals surface area contributed by atoms with Gasteiger partial charge in [0.1, 0.15) is 5.82 Å². The summed E-state index contributed by atoms with van der Waals surface area (Å²) in [7, 11) is 0. The van der Waals surface area contributed by atoms with Gasteiger partial charge in [-0.1, -0.05) is 25.0 Å². The standard InChI is InChI=1S/C18H19FN2O3S/c1-12-15(21(23)24)10-16(25-12)17(22)20-11-18(8-2-3-9-18)13-4-6-14(19)7-5-13/h4-7,10H,2-3,8-9,11H2,1H3,(H,20,22). The number of rotatable bonds is 5. The second-order valence-electron chi connectivity index (χ2n) is 6.49. The monoisotopic (exact) mass is 362 g/mol. The Kier molecular flexibility index (Phi) is 4.85. The maximum atomic E-state index is 13.2. The molecule has 5 nitrogen and oxygen atoms in total. The highest BCUT2D eigenvalue weighted by molar-refractivity contribution is 7.14. The first-order valence-corrected chi connectivity index (χ1v) is 9.02. The molecule has 1 fully saturated rings. The van der Waals surface area contributed by atoms with Crippen molar-refractivity contribution in [3.8, 4) is 0 Å². The third kappa shape index (κ3) is 3.56. The zero-order chi connectivity index (χ0) is 18.0. The summed E-state index contributed by atoms with van der Waals surface area (Å²) in [6.07, 6.45) is 4.00. The number of nitrogens with zero attached hydrogens (tertiary/aromatic N) is 1. The van der Waals surface area contributed by atoms with E-state index in [1.165, 1.54) is 18.2 Å². The fourth-order valence-electron chi connectivity index (χ4n) is 3.52. The van der Waals surface area contributed by atoms with Crippen molar-refractivity contribution in [3.63, 3.8) is 0 Å². The molecule has 1 aliphatic carbocycles. The van der Waals surface area contributed by atoms with E-state index in [0.29, 0.717) is 16.3 Å². The maximum absolute atomic E-state index is 13.2. The highest BCUT2D eigenvalue weighted by Gasteiger charge is 2.36. The molecule has 0 saturated heterocycles. The van der Waals surface area contributed by atoms with Crippen molar-refractivity contribution in [1.29, 1.82) is 0 Å². The van der Waals surface area contributed by atoms with Gasteiger partial charge < -0.3 is 5.32 Å². The molecule has 3 rings (SSSR count). The molecule has 0 spiro atoms. The second kappa shape index (κ2) is 6.92. The average Bonchev–Trinajstić information content (AvgIpc) is 3.21. The van der Waals surface area contributed by atoms with E-state index in [2.05, 4.69) is 5.32 Å². The zero-order valence-corrected chi connectivity index (χ0v) is 14.7. The highest BCUT2D eigenvalue weighted by Crippen LogP contribution is 2.40. The molecule has 0 radical (unpaired) electrons. The largest absolute Gasteiger partial charge is 0.350 e. The minimum Gasteiger partial charge on any atom is -0.350 e. The van der Waals surface area contributed by atoms with Crippen LogP contribution in [-0.2, 0) is 5.41 Å². The van der Waals surface area contributed by atoms with Gasteiger partial charge in [-0.05, 0) is 37.5 Å². The van der Waals surface area contributed by atoms with E-state index >= 15 is 0 Å². The van der Waals surface area contributed by atoms with Crippen molar-refractivity contribution in [1.82, 2.24) is 5.32 Å². The topological polar surface area (TPSA) is 72.2 Å². The summed E-state index contributed by atoms with van der Waals surface area (Å²) in [6, 6.07) is 7.79. The maximum Gasteiger partial charge on any atom is 0.283 e. The molecule has 2 aromatic rings. The van der Waals surface area contributed by atoms with Gasteiger partial charge in [-0.25, -0.2) is 4.39 Å². The van der Waals surface area contributed by atoms with Crippen LogP contribution >= 0.6 is 11.3 Å². The SMILES string of the molecule is Cc1sc(C(=O)NCC2(c3ccc(F)cc3)CCCC2)cc1[N+](=O)[O-]. The third-order valence-corrected chi connectivity index (χ3v) is 5.96. The summed E-state index contributed by atoms with van der Waals surface area (Å²) in [5, 5.41) is 13.9. The lowest BCUT2D eigenvalue weighted by Gasteiger charge is -2.30. The van der Waals surface area contributed by atoms with Crippen LogP contribution in [0.1, 0.15) is 45.8 Å². The first-order chi connectivity index (χ1) is 11.9. The van der Waals surface area contributed by atoms with Gasteiger partial charge in [0.2, 0.25) is 0 Å². The lowest BCUT2D eigenvalue weighted by molar-refractivity contribution is -0.385. The van der Waals surface area contributed by atoms with E-state index in [1.54, 1.807) is 19.1 Å². The van der Waals surface area contributed by atoms with Crippen molar-refractivity contribution in [2.45, 2.75) is 38.0 Å². The molecule has 132 valence electrons. The summed E-state index contributed by atoms with van der Waals surface area (Å²) >= 11 is 1.13. The van der Waals surface area contributed by atoms with Crippen LogP contribution in [0, 0.1) is 22.9 Å². The number of carbonyl (C=O) groups excluding carboxylic acids is 1. The molecule has 1 aromatic carbocycles. The van der Waals surface area contributed by atoms with Crippen molar-refractivity contribution in [2.24, 2.45) is 0 Å². The van der Waals surface area contributed by atoms with Crippen molar-refractivity contribution in [2.75, 3.05) is 6.54 Å². The molecule has 1 saturated carbocycles. The fourth-order valence-corrected chi connectivity index (χ4v) is 4.43. The van der Waals surface area contributed by atoms with Crippen LogP contribution in [-0.4, -0.2) is 17.4 Å². The Morgan fingerprint density at radius 2 is 1.96 bits per heavy atom. The Hall–Kier alpha value is -2.28. The number of benzene rings is 1. The Balaban J connectivity index is 1.76. The van der Waals surface area contributed by atoms with Crippen LogP contribution < -0.4 is 5.32 Å². The van der Waals surface area contributed by atoms with Gasteiger partial charge in [0.05, 0.1) is 14.7 Å². The van der Waals surface area contributed by atoms with Crippen molar-refractivity contribution >= 4 is 22.9 Å². The molecule has 1 amide bonds. The van der Waals surface area contributed by atoms with E-state index in [4.69, 9.17) is 0 Å². The summed E-state index contributed by atoms with van der Waals surface area (Å²) < 4.78 is 13.2. The van der Waals surface area contributed by atoms with Crippen LogP contribution in [0.4, 0.5) is 10.1 Å². The van der Waals surface area contributed by atoms with Gasteiger partial charge in [0.15, 0.2) is 0 Å². The minimum absolute atomic E-state index is 0.0238. The average molecular weight is 362 g/mol. The molecule has 1 N–H and O–H groups in total. The predicted molar refractivity (Wildman–Crippen MR) is 94.6 cm³/mol. The summed E-state index contributed by atoms with van der Waals surface area (Å²) in [5.74, 6) is -0.572. The molecular weight excluding hydrogens is 343 g/mol. The molecule has 7 heteroatoms. The van der Waals surface area contributed by atoms with Crippen LogP contribution in [0.25, 0.3) is 0 Å². The van der Waals surface area contributed by atoms with Gasteiger partial charge >= 0.3 is 0 Å². The van der Waals surface area contributed by atoms with E-state index in [1.807, 2.05) is 0 Å². The molecule has 0 unspecified atom stereocenters. The van der Waals surface area contributed by atoms with Crippen LogP contribution in [0.2, 0.25) is 0 Å². The second-order valence-corrected chi connectivity index (χ2v) is 7.74. The van der Waals surface area contributed by atoms with Crippen LogP contribution in [0.15, 0.2) is 30.3 Å². The number of nitro groups is 1. The number of aryl methyl sites for hydroxylation is 1. The summed E-state index contributed by atoms with van der Waals surface area (Å²) in [6.45, 7) is 2.08. The smallest absolute Gasteiger partial charge is 0.283 e. The highest BCUT2D eigenvalue weighted by atomic mass is 32.1. The molecule has 0 atom stereocenters. The first-order valence-electron chi connectivity index (χ1n) is 8.20.